The van der Waals surface area contributed by atoms with Gasteiger partial charge in [-0.25, -0.2) is 0 Å². The van der Waals surface area contributed by atoms with Crippen molar-refractivity contribution in [3.8, 4) is 11.1 Å². The first-order chi connectivity index (χ1) is 7.29. The zero-order valence-electron chi connectivity index (χ0n) is 7.87. The Morgan fingerprint density at radius 2 is 1.60 bits per heavy atom. The summed E-state index contributed by atoms with van der Waals surface area (Å²) in [7, 11) is 0. The Hall–Kier alpha value is -0.600. The fourth-order valence-electron chi connectivity index (χ4n) is 2.15. The first kappa shape index (κ1) is 9.61. The minimum Gasteiger partial charge on any atom is -0.0786 e. The summed E-state index contributed by atoms with van der Waals surface area (Å²) >= 11 is 7.37. The highest BCUT2D eigenvalue weighted by molar-refractivity contribution is 9.11. The molecule has 2 aromatic rings. The zero-order chi connectivity index (χ0) is 10.4. The van der Waals surface area contributed by atoms with Crippen molar-refractivity contribution < 1.29 is 0 Å². The third-order valence-electron chi connectivity index (χ3n) is 2.83. The van der Waals surface area contributed by atoms with Crippen LogP contribution < -0.4 is 0 Å². The quantitative estimate of drug-likeness (QED) is 0.604. The molecule has 74 valence electrons. The van der Waals surface area contributed by atoms with Gasteiger partial charge in [-0.15, -0.1) is 0 Å². The van der Waals surface area contributed by atoms with E-state index in [9.17, 15) is 0 Å². The third kappa shape index (κ3) is 1.31. The predicted octanol–water partition coefficient (Wildman–Crippen LogP) is 4.91. The van der Waals surface area contributed by atoms with Gasteiger partial charge in [-0.3, -0.25) is 0 Å². The molecule has 15 heavy (non-hydrogen) atoms. The fraction of sp³-hybridized carbons (Fsp3) is 0.0769. The van der Waals surface area contributed by atoms with Crippen LogP contribution in [-0.2, 0) is 0 Å². The lowest BCUT2D eigenvalue weighted by molar-refractivity contribution is 1.23. The molecule has 2 aromatic carbocycles. The van der Waals surface area contributed by atoms with Crippen LogP contribution in [0.2, 0.25) is 0 Å². The van der Waals surface area contributed by atoms with Crippen molar-refractivity contribution >= 4 is 31.9 Å². The van der Waals surface area contributed by atoms with Gasteiger partial charge in [-0.2, -0.15) is 0 Å². The highest BCUT2D eigenvalue weighted by Gasteiger charge is 2.27. The summed E-state index contributed by atoms with van der Waals surface area (Å²) in [6, 6.07) is 14.9. The minimum absolute atomic E-state index is 0.319. The Labute approximate surface area is 106 Å². The van der Waals surface area contributed by atoms with Crippen LogP contribution >= 0.6 is 31.9 Å². The monoisotopic (exact) mass is 322 g/mol. The maximum absolute atomic E-state index is 3.76. The summed E-state index contributed by atoms with van der Waals surface area (Å²) in [5.41, 5.74) is 5.38. The van der Waals surface area contributed by atoms with Crippen molar-refractivity contribution in [2.45, 2.75) is 4.83 Å². The standard InChI is InChI=1S/C13H8Br2/c14-11-7-3-6-9-8-4-1-2-5-10(8)13(15)12(9)11/h1-7,13H. The minimum atomic E-state index is 0.319. The van der Waals surface area contributed by atoms with Crippen molar-refractivity contribution in [1.29, 1.82) is 0 Å². The maximum Gasteiger partial charge on any atom is 0.0667 e. The van der Waals surface area contributed by atoms with E-state index in [0.717, 1.165) is 0 Å². The molecule has 0 heterocycles. The Morgan fingerprint density at radius 1 is 0.867 bits per heavy atom. The van der Waals surface area contributed by atoms with E-state index in [0.29, 0.717) is 4.83 Å². The first-order valence-electron chi connectivity index (χ1n) is 4.81. The molecule has 0 fully saturated rings. The van der Waals surface area contributed by atoms with Crippen LogP contribution in [0, 0.1) is 0 Å². The predicted molar refractivity (Wildman–Crippen MR) is 70.3 cm³/mol. The lowest BCUT2D eigenvalue weighted by Gasteiger charge is -2.05. The molecule has 1 atom stereocenters. The molecule has 1 aliphatic carbocycles. The average molecular weight is 324 g/mol. The number of rotatable bonds is 0. The number of hydrogen-bond acceptors (Lipinski definition) is 0. The van der Waals surface area contributed by atoms with E-state index in [4.69, 9.17) is 0 Å². The van der Waals surface area contributed by atoms with Gasteiger partial charge in [-0.1, -0.05) is 68.3 Å². The summed E-state index contributed by atoms with van der Waals surface area (Å²) in [6.07, 6.45) is 0. The van der Waals surface area contributed by atoms with Crippen LogP contribution in [0.1, 0.15) is 16.0 Å². The van der Waals surface area contributed by atoms with Crippen molar-refractivity contribution in [2.75, 3.05) is 0 Å². The van der Waals surface area contributed by atoms with Gasteiger partial charge in [0, 0.05) is 4.47 Å². The van der Waals surface area contributed by atoms with Crippen molar-refractivity contribution in [3.63, 3.8) is 0 Å². The largest absolute Gasteiger partial charge is 0.0786 e. The molecule has 0 bridgehead atoms. The summed E-state index contributed by atoms with van der Waals surface area (Å²) in [6.45, 7) is 0. The Balaban J connectivity index is 2.37. The SMILES string of the molecule is Brc1cccc2c1C(Br)c1ccccc1-2. The van der Waals surface area contributed by atoms with Gasteiger partial charge in [0.1, 0.15) is 0 Å². The molecule has 0 spiro atoms. The van der Waals surface area contributed by atoms with Crippen LogP contribution in [0.15, 0.2) is 46.9 Å². The van der Waals surface area contributed by atoms with Gasteiger partial charge in [0.2, 0.25) is 0 Å². The van der Waals surface area contributed by atoms with E-state index in [-0.39, 0.29) is 0 Å². The average Bonchev–Trinajstić information content (AvgIpc) is 2.55. The normalized spacial score (nSPS) is 17.3. The van der Waals surface area contributed by atoms with E-state index in [1.165, 1.54) is 26.7 Å². The molecular formula is C13H8Br2. The molecule has 3 rings (SSSR count). The first-order valence-corrected chi connectivity index (χ1v) is 6.51. The van der Waals surface area contributed by atoms with E-state index >= 15 is 0 Å². The molecule has 2 heteroatoms. The fourth-order valence-corrected chi connectivity index (χ4v) is 3.94. The zero-order valence-corrected chi connectivity index (χ0v) is 11.0. The number of hydrogen-bond donors (Lipinski definition) is 0. The molecule has 0 amide bonds. The molecule has 0 N–H and O–H groups in total. The van der Waals surface area contributed by atoms with Gasteiger partial charge in [-0.05, 0) is 28.3 Å². The Bertz CT molecular complexity index is 532. The van der Waals surface area contributed by atoms with Gasteiger partial charge < -0.3 is 0 Å². The molecule has 1 unspecified atom stereocenters. The van der Waals surface area contributed by atoms with Gasteiger partial charge in [0.05, 0.1) is 4.83 Å². The number of halogens is 2. The molecule has 0 aromatic heterocycles. The summed E-state index contributed by atoms with van der Waals surface area (Å²) in [4.78, 5) is 0.319. The molecule has 0 saturated carbocycles. The van der Waals surface area contributed by atoms with E-state index in [2.05, 4.69) is 74.3 Å². The number of alkyl halides is 1. The number of fused-ring (bicyclic) bond motifs is 3. The molecule has 1 aliphatic rings. The Kier molecular flexibility index (Phi) is 2.22. The second-order valence-corrected chi connectivity index (χ2v) is 5.42. The number of benzene rings is 2. The molecule has 0 aliphatic heterocycles. The third-order valence-corrected chi connectivity index (χ3v) is 4.47. The molecule has 0 saturated heterocycles. The smallest absolute Gasteiger partial charge is 0.0667 e. The summed E-state index contributed by atoms with van der Waals surface area (Å²) in [5, 5.41) is 0. The second-order valence-electron chi connectivity index (χ2n) is 3.65. The second kappa shape index (κ2) is 3.46. The van der Waals surface area contributed by atoms with E-state index in [1.54, 1.807) is 0 Å². The van der Waals surface area contributed by atoms with Crippen LogP contribution in [0.5, 0.6) is 0 Å². The molecule has 0 radical (unpaired) electrons. The van der Waals surface area contributed by atoms with Gasteiger partial charge in [0.25, 0.3) is 0 Å². The molecular weight excluding hydrogens is 316 g/mol. The lowest BCUT2D eigenvalue weighted by Crippen LogP contribution is -1.86. The van der Waals surface area contributed by atoms with E-state index in [1.807, 2.05) is 0 Å². The van der Waals surface area contributed by atoms with Crippen molar-refractivity contribution in [3.05, 3.63) is 58.1 Å². The molecule has 0 nitrogen and oxygen atoms in total. The van der Waals surface area contributed by atoms with Crippen LogP contribution in [0.4, 0.5) is 0 Å². The Morgan fingerprint density at radius 3 is 2.47 bits per heavy atom. The van der Waals surface area contributed by atoms with Crippen molar-refractivity contribution in [2.24, 2.45) is 0 Å². The van der Waals surface area contributed by atoms with Gasteiger partial charge >= 0.3 is 0 Å². The van der Waals surface area contributed by atoms with Crippen LogP contribution in [0.25, 0.3) is 11.1 Å². The van der Waals surface area contributed by atoms with Crippen molar-refractivity contribution in [1.82, 2.24) is 0 Å². The highest BCUT2D eigenvalue weighted by Crippen LogP contribution is 2.50. The van der Waals surface area contributed by atoms with Gasteiger partial charge in [0.15, 0.2) is 0 Å². The maximum atomic E-state index is 3.76. The topological polar surface area (TPSA) is 0 Å². The lowest BCUT2D eigenvalue weighted by atomic mass is 10.1. The highest BCUT2D eigenvalue weighted by atomic mass is 79.9. The van der Waals surface area contributed by atoms with Crippen LogP contribution in [0.3, 0.4) is 0 Å². The van der Waals surface area contributed by atoms with E-state index < -0.39 is 0 Å². The summed E-state index contributed by atoms with van der Waals surface area (Å²) < 4.78 is 1.18. The summed E-state index contributed by atoms with van der Waals surface area (Å²) in [5.74, 6) is 0. The van der Waals surface area contributed by atoms with Crippen LogP contribution in [-0.4, -0.2) is 0 Å².